The molecule has 1 unspecified atom stereocenters. The Morgan fingerprint density at radius 2 is 2.12 bits per heavy atom. The van der Waals surface area contributed by atoms with E-state index in [1.54, 1.807) is 25.1 Å². The van der Waals surface area contributed by atoms with Gasteiger partial charge in [-0.3, -0.25) is 0 Å². The topological polar surface area (TPSA) is 49.7 Å². The maximum atomic E-state index is 9.36. The van der Waals surface area contributed by atoms with Crippen LogP contribution in [-0.4, -0.2) is 23.4 Å². The lowest BCUT2D eigenvalue weighted by molar-refractivity contribution is 0.199. The average molecular weight is 245 g/mol. The van der Waals surface area contributed by atoms with E-state index in [4.69, 9.17) is 21.4 Å². The summed E-state index contributed by atoms with van der Waals surface area (Å²) < 4.78 is 5.45. The van der Waals surface area contributed by atoms with Crippen molar-refractivity contribution in [1.29, 1.82) is 0 Å². The molecule has 2 N–H and O–H groups in total. The Labute approximate surface area is 101 Å². The van der Waals surface area contributed by atoms with Crippen LogP contribution in [0.4, 0.5) is 0 Å². The molecule has 3 nitrogen and oxygen atoms in total. The van der Waals surface area contributed by atoms with Gasteiger partial charge in [-0.1, -0.05) is 17.7 Å². The van der Waals surface area contributed by atoms with Gasteiger partial charge in [0.25, 0.3) is 0 Å². The Kier molecular flexibility index (Phi) is 5.60. The van der Waals surface area contributed by atoms with E-state index in [1.807, 2.05) is 0 Å². The number of aliphatic hydroxyl groups is 2. The zero-order valence-corrected chi connectivity index (χ0v) is 10.1. The summed E-state index contributed by atoms with van der Waals surface area (Å²) in [6.07, 6.45) is 0.995. The summed E-state index contributed by atoms with van der Waals surface area (Å²) in [5.74, 6) is 0.615. The number of benzene rings is 1. The summed E-state index contributed by atoms with van der Waals surface area (Å²) in [5, 5.41) is 18.5. The van der Waals surface area contributed by atoms with E-state index in [1.165, 1.54) is 0 Å². The van der Waals surface area contributed by atoms with Crippen LogP contribution in [-0.2, 0) is 0 Å². The summed E-state index contributed by atoms with van der Waals surface area (Å²) in [6.45, 7) is 2.40. The molecule has 1 atom stereocenters. The summed E-state index contributed by atoms with van der Waals surface area (Å²) in [5.41, 5.74) is 0.771. The van der Waals surface area contributed by atoms with Crippen LogP contribution >= 0.6 is 11.6 Å². The van der Waals surface area contributed by atoms with Crippen LogP contribution in [0, 0.1) is 0 Å². The van der Waals surface area contributed by atoms with Crippen molar-refractivity contribution in [3.05, 3.63) is 28.8 Å². The van der Waals surface area contributed by atoms with Gasteiger partial charge in [0, 0.05) is 6.61 Å². The fraction of sp³-hybridized carbons (Fsp3) is 0.500. The third kappa shape index (κ3) is 4.00. The summed E-state index contributed by atoms with van der Waals surface area (Å²) in [6, 6.07) is 5.24. The first kappa shape index (κ1) is 13.3. The van der Waals surface area contributed by atoms with Crippen molar-refractivity contribution < 1.29 is 14.9 Å². The van der Waals surface area contributed by atoms with Gasteiger partial charge in [0.2, 0.25) is 0 Å². The SMILES string of the molecule is CC(O)c1ccc(OCCCCO)c(Cl)c1. The fourth-order valence-electron chi connectivity index (χ4n) is 1.29. The van der Waals surface area contributed by atoms with Gasteiger partial charge in [-0.2, -0.15) is 0 Å². The highest BCUT2D eigenvalue weighted by Gasteiger charge is 2.06. The van der Waals surface area contributed by atoms with Crippen LogP contribution in [0.3, 0.4) is 0 Å². The molecular formula is C12H17ClO3. The molecule has 0 aromatic heterocycles. The monoisotopic (exact) mass is 244 g/mol. The number of rotatable bonds is 6. The van der Waals surface area contributed by atoms with Gasteiger partial charge in [0.15, 0.2) is 0 Å². The molecule has 0 heterocycles. The van der Waals surface area contributed by atoms with E-state index in [0.717, 1.165) is 18.4 Å². The molecule has 0 saturated heterocycles. The van der Waals surface area contributed by atoms with Gasteiger partial charge in [-0.05, 0) is 37.5 Å². The maximum Gasteiger partial charge on any atom is 0.137 e. The molecular weight excluding hydrogens is 228 g/mol. The zero-order valence-electron chi connectivity index (χ0n) is 9.32. The second-order valence-corrected chi connectivity index (χ2v) is 4.05. The summed E-state index contributed by atoms with van der Waals surface area (Å²) in [7, 11) is 0. The van der Waals surface area contributed by atoms with Crippen LogP contribution in [0.1, 0.15) is 31.4 Å². The second kappa shape index (κ2) is 6.74. The van der Waals surface area contributed by atoms with Crippen LogP contribution < -0.4 is 4.74 Å². The Bertz CT molecular complexity index is 326. The number of halogens is 1. The van der Waals surface area contributed by atoms with Crippen molar-refractivity contribution in [3.8, 4) is 5.75 Å². The van der Waals surface area contributed by atoms with Crippen molar-refractivity contribution in [2.24, 2.45) is 0 Å². The lowest BCUT2D eigenvalue weighted by Crippen LogP contribution is -2.00. The van der Waals surface area contributed by atoms with E-state index >= 15 is 0 Å². The largest absolute Gasteiger partial charge is 0.492 e. The van der Waals surface area contributed by atoms with Gasteiger partial charge in [0.05, 0.1) is 17.7 Å². The van der Waals surface area contributed by atoms with Crippen LogP contribution in [0.5, 0.6) is 5.75 Å². The smallest absolute Gasteiger partial charge is 0.137 e. The van der Waals surface area contributed by atoms with Gasteiger partial charge in [-0.25, -0.2) is 0 Å². The van der Waals surface area contributed by atoms with Crippen molar-refractivity contribution in [2.75, 3.05) is 13.2 Å². The highest BCUT2D eigenvalue weighted by atomic mass is 35.5. The zero-order chi connectivity index (χ0) is 12.0. The molecule has 0 aliphatic rings. The van der Waals surface area contributed by atoms with Crippen molar-refractivity contribution in [3.63, 3.8) is 0 Å². The number of unbranched alkanes of at least 4 members (excludes halogenated alkanes) is 1. The minimum atomic E-state index is -0.527. The lowest BCUT2D eigenvalue weighted by Gasteiger charge is -2.10. The lowest BCUT2D eigenvalue weighted by atomic mass is 10.1. The molecule has 0 spiro atoms. The Balaban J connectivity index is 2.54. The molecule has 0 aliphatic heterocycles. The van der Waals surface area contributed by atoms with Crippen molar-refractivity contribution >= 4 is 11.6 Å². The number of hydrogen-bond acceptors (Lipinski definition) is 3. The van der Waals surface area contributed by atoms with Crippen LogP contribution in [0.15, 0.2) is 18.2 Å². The molecule has 1 aromatic rings. The van der Waals surface area contributed by atoms with Crippen molar-refractivity contribution in [1.82, 2.24) is 0 Å². The molecule has 1 aromatic carbocycles. The first-order chi connectivity index (χ1) is 7.65. The molecule has 0 bridgehead atoms. The number of aliphatic hydroxyl groups excluding tert-OH is 2. The molecule has 4 heteroatoms. The third-order valence-electron chi connectivity index (χ3n) is 2.25. The van der Waals surface area contributed by atoms with E-state index in [-0.39, 0.29) is 6.61 Å². The highest BCUT2D eigenvalue weighted by Crippen LogP contribution is 2.27. The minimum Gasteiger partial charge on any atom is -0.492 e. The number of ether oxygens (including phenoxy) is 1. The Morgan fingerprint density at radius 1 is 1.38 bits per heavy atom. The fourth-order valence-corrected chi connectivity index (χ4v) is 1.53. The Hall–Kier alpha value is -0.770. The second-order valence-electron chi connectivity index (χ2n) is 3.65. The molecule has 0 saturated carbocycles. The average Bonchev–Trinajstić information content (AvgIpc) is 2.26. The molecule has 1 rings (SSSR count). The predicted molar refractivity (Wildman–Crippen MR) is 63.9 cm³/mol. The van der Waals surface area contributed by atoms with Crippen LogP contribution in [0.2, 0.25) is 5.02 Å². The quantitative estimate of drug-likeness (QED) is 0.756. The standard InChI is InChI=1S/C12H17ClO3/c1-9(15)10-4-5-12(11(13)8-10)16-7-3-2-6-14/h4-5,8-9,14-15H,2-3,6-7H2,1H3. The third-order valence-corrected chi connectivity index (χ3v) is 2.54. The van der Waals surface area contributed by atoms with Crippen LogP contribution in [0.25, 0.3) is 0 Å². The van der Waals surface area contributed by atoms with E-state index in [2.05, 4.69) is 0 Å². The maximum absolute atomic E-state index is 9.36. The van der Waals surface area contributed by atoms with Gasteiger partial charge in [-0.15, -0.1) is 0 Å². The molecule has 0 radical (unpaired) electrons. The molecule has 0 fully saturated rings. The van der Waals surface area contributed by atoms with E-state index in [9.17, 15) is 5.11 Å². The van der Waals surface area contributed by atoms with Gasteiger partial charge >= 0.3 is 0 Å². The predicted octanol–water partition coefficient (Wildman–Crippen LogP) is 2.54. The summed E-state index contributed by atoms with van der Waals surface area (Å²) >= 11 is 6.00. The van der Waals surface area contributed by atoms with E-state index < -0.39 is 6.10 Å². The molecule has 0 aliphatic carbocycles. The molecule has 90 valence electrons. The normalized spacial score (nSPS) is 12.5. The minimum absolute atomic E-state index is 0.179. The molecule has 0 amide bonds. The Morgan fingerprint density at radius 3 is 2.69 bits per heavy atom. The highest BCUT2D eigenvalue weighted by molar-refractivity contribution is 6.32. The van der Waals surface area contributed by atoms with Gasteiger partial charge in [0.1, 0.15) is 5.75 Å². The van der Waals surface area contributed by atoms with Crippen molar-refractivity contribution in [2.45, 2.75) is 25.9 Å². The molecule has 16 heavy (non-hydrogen) atoms. The van der Waals surface area contributed by atoms with E-state index in [0.29, 0.717) is 17.4 Å². The first-order valence-corrected chi connectivity index (χ1v) is 5.74. The number of hydrogen-bond donors (Lipinski definition) is 2. The first-order valence-electron chi connectivity index (χ1n) is 5.36. The summed E-state index contributed by atoms with van der Waals surface area (Å²) in [4.78, 5) is 0. The van der Waals surface area contributed by atoms with Gasteiger partial charge < -0.3 is 14.9 Å².